The number of benzene rings is 6. The molecule has 0 radical (unpaired) electrons. The molecule has 0 amide bonds. The summed E-state index contributed by atoms with van der Waals surface area (Å²) in [6.07, 6.45) is 0. The van der Waals surface area contributed by atoms with Gasteiger partial charge in [-0.1, -0.05) is 109 Å². The molecule has 2 heteroatoms. The summed E-state index contributed by atoms with van der Waals surface area (Å²) in [7, 11) is 0. The van der Waals surface area contributed by atoms with E-state index in [-0.39, 0.29) is 11.5 Å². The molecule has 1 aliphatic carbocycles. The van der Waals surface area contributed by atoms with Crippen molar-refractivity contribution in [1.29, 1.82) is 0 Å². The van der Waals surface area contributed by atoms with Gasteiger partial charge in [-0.15, -0.1) is 0 Å². The van der Waals surface area contributed by atoms with Gasteiger partial charge in [-0.2, -0.15) is 0 Å². The first-order valence-corrected chi connectivity index (χ1v) is 11.8. The molecule has 7 rings (SSSR count). The second kappa shape index (κ2) is 7.22. The molecule has 2 N–H and O–H groups in total. The molecule has 0 spiro atoms. The number of rotatable bonds is 2. The van der Waals surface area contributed by atoms with Crippen molar-refractivity contribution < 1.29 is 10.2 Å². The Hall–Kier alpha value is -4.56. The maximum absolute atomic E-state index is 10.8. The zero-order chi connectivity index (χ0) is 23.6. The molecule has 0 fully saturated rings. The van der Waals surface area contributed by atoms with Crippen molar-refractivity contribution >= 4 is 21.5 Å². The molecule has 6 aromatic rings. The van der Waals surface area contributed by atoms with E-state index < -0.39 is 5.41 Å². The smallest absolute Gasteiger partial charge is 0.123 e. The van der Waals surface area contributed by atoms with Gasteiger partial charge in [0.25, 0.3) is 0 Å². The van der Waals surface area contributed by atoms with E-state index in [1.165, 1.54) is 22.3 Å². The van der Waals surface area contributed by atoms with Crippen LogP contribution >= 0.6 is 0 Å². The predicted octanol–water partition coefficient (Wildman–Crippen LogP) is 7.77. The summed E-state index contributed by atoms with van der Waals surface area (Å²) in [4.78, 5) is 0. The Balaban J connectivity index is 1.76. The zero-order valence-corrected chi connectivity index (χ0v) is 18.9. The largest absolute Gasteiger partial charge is 0.507 e. The molecule has 0 unspecified atom stereocenters. The first kappa shape index (κ1) is 19.9. The molecule has 0 bridgehead atoms. The Kier molecular flexibility index (Phi) is 4.10. The quantitative estimate of drug-likeness (QED) is 0.282. The van der Waals surface area contributed by atoms with Gasteiger partial charge in [-0.25, -0.2) is 0 Å². The SMILES string of the molecule is Oc1ccc(C2(c3ccc(O)c4ccccc34)c3ccccc3-c3ccccc32)c2ccccc12. The van der Waals surface area contributed by atoms with Gasteiger partial charge in [0.05, 0.1) is 5.41 Å². The van der Waals surface area contributed by atoms with Crippen molar-refractivity contribution in [3.05, 3.63) is 144 Å². The lowest BCUT2D eigenvalue weighted by Crippen LogP contribution is -2.29. The van der Waals surface area contributed by atoms with Crippen LogP contribution in [0, 0.1) is 0 Å². The normalized spacial score (nSPS) is 13.6. The molecule has 0 atom stereocenters. The lowest BCUT2D eigenvalue weighted by atomic mass is 9.65. The van der Waals surface area contributed by atoms with Crippen molar-refractivity contribution in [2.24, 2.45) is 0 Å². The van der Waals surface area contributed by atoms with Crippen molar-refractivity contribution in [2.45, 2.75) is 5.41 Å². The fourth-order valence-electron chi connectivity index (χ4n) is 6.18. The third kappa shape index (κ3) is 2.54. The Morgan fingerprint density at radius 1 is 0.343 bits per heavy atom. The summed E-state index contributed by atoms with van der Waals surface area (Å²) in [5, 5.41) is 25.2. The highest BCUT2D eigenvalue weighted by molar-refractivity contribution is 6.00. The highest BCUT2D eigenvalue weighted by atomic mass is 16.3. The van der Waals surface area contributed by atoms with Crippen LogP contribution in [0.15, 0.2) is 121 Å². The van der Waals surface area contributed by atoms with Crippen molar-refractivity contribution in [3.63, 3.8) is 0 Å². The van der Waals surface area contributed by atoms with Gasteiger partial charge in [0, 0.05) is 10.8 Å². The number of phenols is 2. The Morgan fingerprint density at radius 3 is 1.17 bits per heavy atom. The van der Waals surface area contributed by atoms with Crippen LogP contribution < -0.4 is 0 Å². The molecule has 0 aromatic heterocycles. The highest BCUT2D eigenvalue weighted by Gasteiger charge is 2.47. The minimum atomic E-state index is -0.631. The topological polar surface area (TPSA) is 40.5 Å². The number of hydrogen-bond acceptors (Lipinski definition) is 2. The minimum Gasteiger partial charge on any atom is -0.507 e. The van der Waals surface area contributed by atoms with Crippen molar-refractivity contribution in [1.82, 2.24) is 0 Å². The van der Waals surface area contributed by atoms with Gasteiger partial charge in [-0.05, 0) is 56.3 Å². The Morgan fingerprint density at radius 2 is 0.714 bits per heavy atom. The molecule has 0 aliphatic heterocycles. The molecule has 2 nitrogen and oxygen atoms in total. The molecule has 0 heterocycles. The van der Waals surface area contributed by atoms with Crippen LogP contribution in [0.1, 0.15) is 22.3 Å². The number of fused-ring (bicyclic) bond motifs is 5. The van der Waals surface area contributed by atoms with Crippen molar-refractivity contribution in [2.75, 3.05) is 0 Å². The average Bonchev–Trinajstić information content (AvgIpc) is 3.21. The van der Waals surface area contributed by atoms with Crippen LogP contribution in [0.4, 0.5) is 0 Å². The van der Waals surface area contributed by atoms with Crippen LogP contribution in [0.25, 0.3) is 32.7 Å². The summed E-state index contributed by atoms with van der Waals surface area (Å²) < 4.78 is 0. The molecule has 6 aromatic carbocycles. The van der Waals surface area contributed by atoms with E-state index in [4.69, 9.17) is 0 Å². The van der Waals surface area contributed by atoms with E-state index in [0.29, 0.717) is 0 Å². The molecule has 1 aliphatic rings. The maximum Gasteiger partial charge on any atom is 0.123 e. The predicted molar refractivity (Wildman–Crippen MR) is 142 cm³/mol. The molecule has 166 valence electrons. The van der Waals surface area contributed by atoms with Crippen LogP contribution in [0.3, 0.4) is 0 Å². The molecule has 0 saturated carbocycles. The van der Waals surface area contributed by atoms with Gasteiger partial charge < -0.3 is 10.2 Å². The summed E-state index contributed by atoms with van der Waals surface area (Å²) in [5.74, 6) is 0.546. The zero-order valence-electron chi connectivity index (χ0n) is 18.9. The first-order valence-electron chi connectivity index (χ1n) is 11.8. The van der Waals surface area contributed by atoms with Crippen LogP contribution in [0.2, 0.25) is 0 Å². The fraction of sp³-hybridized carbons (Fsp3) is 0.0303. The van der Waals surface area contributed by atoms with E-state index in [1.54, 1.807) is 0 Å². The third-order valence-corrected chi connectivity index (χ3v) is 7.56. The minimum absolute atomic E-state index is 0.273. The van der Waals surface area contributed by atoms with Gasteiger partial charge in [-0.3, -0.25) is 0 Å². The second-order valence-corrected chi connectivity index (χ2v) is 9.20. The first-order chi connectivity index (χ1) is 17.2. The van der Waals surface area contributed by atoms with Crippen LogP contribution in [-0.2, 0) is 5.41 Å². The average molecular weight is 451 g/mol. The Bertz CT molecular complexity index is 1650. The molecule has 0 saturated heterocycles. The van der Waals surface area contributed by atoms with E-state index >= 15 is 0 Å². The lowest BCUT2D eigenvalue weighted by Gasteiger charge is -2.36. The third-order valence-electron chi connectivity index (χ3n) is 7.56. The summed E-state index contributed by atoms with van der Waals surface area (Å²) in [6.45, 7) is 0. The molecular formula is C33H22O2. The van der Waals surface area contributed by atoms with E-state index in [0.717, 1.165) is 32.7 Å². The van der Waals surface area contributed by atoms with Gasteiger partial charge in [0.2, 0.25) is 0 Å². The maximum atomic E-state index is 10.8. The number of phenolic OH excluding ortho intramolecular Hbond substituents is 2. The van der Waals surface area contributed by atoms with Gasteiger partial charge in [0.1, 0.15) is 11.5 Å². The molecular weight excluding hydrogens is 428 g/mol. The van der Waals surface area contributed by atoms with Gasteiger partial charge in [0.15, 0.2) is 0 Å². The van der Waals surface area contributed by atoms with Crippen LogP contribution in [-0.4, -0.2) is 10.2 Å². The number of hydrogen-bond donors (Lipinski definition) is 2. The fourth-order valence-corrected chi connectivity index (χ4v) is 6.18. The lowest BCUT2D eigenvalue weighted by molar-refractivity contribution is 0.481. The van der Waals surface area contributed by atoms with E-state index in [1.807, 2.05) is 48.5 Å². The second-order valence-electron chi connectivity index (χ2n) is 9.20. The van der Waals surface area contributed by atoms with E-state index in [9.17, 15) is 10.2 Å². The van der Waals surface area contributed by atoms with Crippen molar-refractivity contribution in [3.8, 4) is 22.6 Å². The summed E-state index contributed by atoms with van der Waals surface area (Å²) in [6, 6.07) is 41.1. The summed E-state index contributed by atoms with van der Waals surface area (Å²) in [5.41, 5.74) is 6.40. The standard InChI is InChI=1S/C33H22O2/c34-31-19-17-29(23-11-1-3-13-25(23)31)33(30-18-20-32(35)26-14-4-2-12-24(26)30)27-15-7-5-9-21(27)22-10-6-8-16-28(22)33/h1-20,34-35H. The molecule has 35 heavy (non-hydrogen) atoms. The monoisotopic (exact) mass is 450 g/mol. The van der Waals surface area contributed by atoms with E-state index in [2.05, 4.69) is 72.8 Å². The highest BCUT2D eigenvalue weighted by Crippen LogP contribution is 2.58. The Labute approximate surface area is 203 Å². The van der Waals surface area contributed by atoms with Crippen LogP contribution in [0.5, 0.6) is 11.5 Å². The van der Waals surface area contributed by atoms with Gasteiger partial charge >= 0.3 is 0 Å². The summed E-state index contributed by atoms with van der Waals surface area (Å²) >= 11 is 0. The number of aromatic hydroxyl groups is 2.